The maximum absolute atomic E-state index is 13.0. The van der Waals surface area contributed by atoms with E-state index in [4.69, 9.17) is 4.74 Å². The lowest BCUT2D eigenvalue weighted by Crippen LogP contribution is -2.45. The molecule has 0 aliphatic rings. The zero-order valence-electron chi connectivity index (χ0n) is 20.8. The van der Waals surface area contributed by atoms with Gasteiger partial charge in [-0.2, -0.15) is 13.2 Å². The number of aromatic nitrogens is 2. The molecule has 1 aromatic carbocycles. The lowest BCUT2D eigenvalue weighted by molar-refractivity contribution is -0.136. The molecule has 0 spiro atoms. The molecule has 0 bridgehead atoms. The third-order valence-corrected chi connectivity index (χ3v) is 6.35. The van der Waals surface area contributed by atoms with Crippen molar-refractivity contribution in [2.75, 3.05) is 13.7 Å². The zero-order valence-corrected chi connectivity index (χ0v) is 20.8. The number of carbonyl (C=O) groups is 1. The normalized spacial score (nSPS) is 13.5. The molecule has 6 nitrogen and oxygen atoms in total. The summed E-state index contributed by atoms with van der Waals surface area (Å²) in [5.74, 6) is 0.700. The van der Waals surface area contributed by atoms with Gasteiger partial charge in [-0.25, -0.2) is 9.78 Å². The highest BCUT2D eigenvalue weighted by Crippen LogP contribution is 2.35. The van der Waals surface area contributed by atoms with Gasteiger partial charge in [0.15, 0.2) is 0 Å². The van der Waals surface area contributed by atoms with Crippen LogP contribution in [0, 0.1) is 6.92 Å². The average Bonchev–Trinajstić information content (AvgIpc) is 3.30. The molecule has 1 N–H and O–H groups in total. The van der Waals surface area contributed by atoms with Gasteiger partial charge in [0.2, 0.25) is 0 Å². The largest absolute Gasteiger partial charge is 0.496 e. The van der Waals surface area contributed by atoms with E-state index >= 15 is 0 Å². The molecular weight excluding hydrogens is 457 g/mol. The molecule has 0 saturated carbocycles. The number of rotatable bonds is 9. The monoisotopic (exact) mass is 490 g/mol. The van der Waals surface area contributed by atoms with Gasteiger partial charge >= 0.3 is 12.2 Å². The fourth-order valence-electron chi connectivity index (χ4n) is 4.31. The van der Waals surface area contributed by atoms with E-state index in [1.807, 2.05) is 61.8 Å². The highest BCUT2D eigenvalue weighted by Gasteiger charge is 2.29. The van der Waals surface area contributed by atoms with Crippen LogP contribution in [-0.2, 0) is 0 Å². The summed E-state index contributed by atoms with van der Waals surface area (Å²) in [4.78, 5) is 19.0. The molecule has 2 unspecified atom stereocenters. The number of carbonyl (C=O) groups excluding carboxylic acids is 1. The molecule has 2 atom stereocenters. The van der Waals surface area contributed by atoms with Crippen LogP contribution >= 0.6 is 0 Å². The summed E-state index contributed by atoms with van der Waals surface area (Å²) in [6.07, 6.45) is 0.744. The first-order valence-corrected chi connectivity index (χ1v) is 11.8. The van der Waals surface area contributed by atoms with Gasteiger partial charge in [-0.15, -0.1) is 0 Å². The van der Waals surface area contributed by atoms with Crippen LogP contribution < -0.4 is 10.1 Å². The molecule has 190 valence electrons. The predicted octanol–water partition coefficient (Wildman–Crippen LogP) is 6.53. The maximum Gasteiger partial charge on any atom is 0.389 e. The first-order valence-electron chi connectivity index (χ1n) is 11.8. The van der Waals surface area contributed by atoms with Gasteiger partial charge in [-0.3, -0.25) is 0 Å². The van der Waals surface area contributed by atoms with Crippen LogP contribution in [0.25, 0.3) is 16.8 Å². The van der Waals surface area contributed by atoms with Crippen molar-refractivity contribution in [3.63, 3.8) is 0 Å². The molecular formula is C26H33F3N4O2. The number of fused-ring (bicyclic) bond motifs is 1. The molecule has 0 saturated heterocycles. The fourth-order valence-corrected chi connectivity index (χ4v) is 4.31. The van der Waals surface area contributed by atoms with Gasteiger partial charge in [-0.1, -0.05) is 13.0 Å². The first kappa shape index (κ1) is 26.4. The van der Waals surface area contributed by atoms with Crippen molar-refractivity contribution >= 4 is 11.7 Å². The van der Waals surface area contributed by atoms with E-state index in [2.05, 4.69) is 10.3 Å². The molecule has 3 rings (SSSR count). The zero-order chi connectivity index (χ0) is 25.8. The Kier molecular flexibility index (Phi) is 8.30. The van der Waals surface area contributed by atoms with E-state index < -0.39 is 18.6 Å². The van der Waals surface area contributed by atoms with Crippen LogP contribution in [0.3, 0.4) is 0 Å². The lowest BCUT2D eigenvalue weighted by atomic mass is 9.98. The molecule has 0 radical (unpaired) electrons. The van der Waals surface area contributed by atoms with Crippen LogP contribution in [0.5, 0.6) is 5.75 Å². The number of pyridine rings is 1. The second-order valence-electron chi connectivity index (χ2n) is 8.70. The van der Waals surface area contributed by atoms with Crippen LogP contribution in [0.2, 0.25) is 0 Å². The highest BCUT2D eigenvalue weighted by molar-refractivity contribution is 5.76. The number of halogens is 3. The Morgan fingerprint density at radius 1 is 1.26 bits per heavy atom. The minimum atomic E-state index is -4.24. The topological polar surface area (TPSA) is 58.9 Å². The molecule has 2 amide bonds. The Balaban J connectivity index is 1.86. The van der Waals surface area contributed by atoms with E-state index in [0.29, 0.717) is 18.7 Å². The predicted molar refractivity (Wildman–Crippen MR) is 131 cm³/mol. The van der Waals surface area contributed by atoms with Crippen molar-refractivity contribution in [1.82, 2.24) is 19.6 Å². The minimum absolute atomic E-state index is 0.138. The number of aryl methyl sites for hydroxylation is 1. The average molecular weight is 491 g/mol. The fraction of sp³-hybridized carbons (Fsp3) is 0.462. The number of imidazole rings is 1. The smallest absolute Gasteiger partial charge is 0.389 e. The standard InChI is InChI=1S/C26H33F3N4O2/c1-6-21(10-11-26(27,28)29)31-25(34)33(7-2)18(4)19-8-9-23(35-5)22(15-19)20-14-17(3)24-30-12-13-32(24)16-20/h8-9,12-16,18,21H,6-7,10-11H2,1-5H3,(H,31,34). The maximum atomic E-state index is 13.0. The van der Waals surface area contributed by atoms with Crippen LogP contribution in [-0.4, -0.2) is 46.2 Å². The number of ether oxygens (including phenoxy) is 1. The molecule has 2 aromatic heterocycles. The van der Waals surface area contributed by atoms with E-state index in [-0.39, 0.29) is 18.5 Å². The van der Waals surface area contributed by atoms with E-state index in [9.17, 15) is 18.0 Å². The number of urea groups is 1. The Morgan fingerprint density at radius 2 is 2.00 bits per heavy atom. The molecule has 0 aliphatic heterocycles. The Labute approximate surface area is 204 Å². The van der Waals surface area contributed by atoms with Crippen molar-refractivity contribution < 1.29 is 22.7 Å². The summed E-state index contributed by atoms with van der Waals surface area (Å²) < 4.78 is 45.5. The third-order valence-electron chi connectivity index (χ3n) is 6.35. The van der Waals surface area contributed by atoms with Crippen LogP contribution in [0.15, 0.2) is 42.9 Å². The summed E-state index contributed by atoms with van der Waals surface area (Å²) in [7, 11) is 1.61. The summed E-state index contributed by atoms with van der Waals surface area (Å²) in [5.41, 5.74) is 4.62. The van der Waals surface area contributed by atoms with Gasteiger partial charge in [0.05, 0.1) is 13.2 Å². The summed E-state index contributed by atoms with van der Waals surface area (Å²) in [5, 5.41) is 2.79. The molecule has 3 aromatic rings. The number of methoxy groups -OCH3 is 1. The highest BCUT2D eigenvalue weighted by atomic mass is 19.4. The first-order chi connectivity index (χ1) is 16.6. The van der Waals surface area contributed by atoms with E-state index in [1.54, 1.807) is 25.1 Å². The summed E-state index contributed by atoms with van der Waals surface area (Å²) in [6, 6.07) is 6.61. The molecule has 0 aliphatic carbocycles. The number of nitrogens with zero attached hydrogens (tertiary/aromatic N) is 3. The number of amides is 2. The molecule has 9 heteroatoms. The van der Waals surface area contributed by atoms with E-state index in [1.165, 1.54) is 0 Å². The van der Waals surface area contributed by atoms with Crippen molar-refractivity contribution in [1.29, 1.82) is 0 Å². The molecule has 35 heavy (non-hydrogen) atoms. The van der Waals surface area contributed by atoms with Gasteiger partial charge in [-0.05, 0) is 62.9 Å². The lowest BCUT2D eigenvalue weighted by Gasteiger charge is -2.31. The van der Waals surface area contributed by atoms with Crippen molar-refractivity contribution in [3.05, 3.63) is 54.0 Å². The quantitative estimate of drug-likeness (QED) is 0.371. The SMILES string of the molecule is CCC(CCC(F)(F)F)NC(=O)N(CC)C(C)c1ccc(OC)c(-c2cc(C)c3nccn3c2)c1. The molecule has 0 fully saturated rings. The van der Waals surface area contributed by atoms with E-state index in [0.717, 1.165) is 27.9 Å². The number of benzene rings is 1. The number of nitrogens with one attached hydrogen (secondary N) is 1. The second-order valence-corrected chi connectivity index (χ2v) is 8.70. The van der Waals surface area contributed by atoms with Gasteiger partial charge in [0.1, 0.15) is 11.4 Å². The van der Waals surface area contributed by atoms with Gasteiger partial charge < -0.3 is 19.4 Å². The van der Waals surface area contributed by atoms with Crippen LogP contribution in [0.4, 0.5) is 18.0 Å². The summed E-state index contributed by atoms with van der Waals surface area (Å²) >= 11 is 0. The Morgan fingerprint density at radius 3 is 2.63 bits per heavy atom. The minimum Gasteiger partial charge on any atom is -0.496 e. The summed E-state index contributed by atoms with van der Waals surface area (Å²) in [6.45, 7) is 7.94. The van der Waals surface area contributed by atoms with Gasteiger partial charge in [0.25, 0.3) is 0 Å². The third kappa shape index (κ3) is 6.26. The number of hydrogen-bond acceptors (Lipinski definition) is 3. The van der Waals surface area contributed by atoms with Crippen molar-refractivity contribution in [2.45, 2.75) is 65.2 Å². The number of alkyl halides is 3. The Hall–Kier alpha value is -3.23. The molecule has 2 heterocycles. The Bertz CT molecular complexity index is 1160. The van der Waals surface area contributed by atoms with Crippen molar-refractivity contribution in [3.8, 4) is 16.9 Å². The van der Waals surface area contributed by atoms with Gasteiger partial charge in [0, 0.05) is 48.7 Å². The number of hydrogen-bond donors (Lipinski definition) is 1. The second kappa shape index (κ2) is 11.0. The van der Waals surface area contributed by atoms with Crippen LogP contribution in [0.1, 0.15) is 57.2 Å². The van der Waals surface area contributed by atoms with Crippen molar-refractivity contribution in [2.24, 2.45) is 0 Å².